The lowest BCUT2D eigenvalue weighted by molar-refractivity contribution is -0.144. The summed E-state index contributed by atoms with van der Waals surface area (Å²) in [4.78, 5) is 54.4. The van der Waals surface area contributed by atoms with Gasteiger partial charge in [-0.15, -0.1) is 0 Å². The van der Waals surface area contributed by atoms with Crippen LogP contribution in [-0.4, -0.2) is 69.7 Å². The van der Waals surface area contributed by atoms with E-state index in [1.807, 2.05) is 11.0 Å². The molecule has 1 aliphatic carbocycles. The standard InChI is InChI=1S/C25H28ClN5O3/c26-20-9-4-3-8-19(20)25(17-22(33)31(23(25)34)18-6-1-2-7-18)16-21(32)29-12-14-30(15-13-29)24-27-10-5-11-28-24/h3-5,8-11,18H,1-2,6-7,12-17H2. The molecule has 0 spiro atoms. The van der Waals surface area contributed by atoms with Crippen LogP contribution in [-0.2, 0) is 19.8 Å². The van der Waals surface area contributed by atoms with E-state index in [-0.39, 0.29) is 36.6 Å². The number of carbonyl (C=O) groups is 3. The predicted octanol–water partition coefficient (Wildman–Crippen LogP) is 2.81. The van der Waals surface area contributed by atoms with Crippen LogP contribution in [0.15, 0.2) is 42.7 Å². The van der Waals surface area contributed by atoms with Gasteiger partial charge in [-0.05, 0) is 30.5 Å². The molecule has 2 aromatic rings. The Hall–Kier alpha value is -3.00. The number of piperazine rings is 1. The Bertz CT molecular complexity index is 1080. The van der Waals surface area contributed by atoms with Crippen molar-refractivity contribution in [2.45, 2.75) is 50.0 Å². The Morgan fingerprint density at radius 3 is 2.35 bits per heavy atom. The highest BCUT2D eigenvalue weighted by molar-refractivity contribution is 6.32. The zero-order chi connectivity index (χ0) is 23.7. The molecule has 9 heteroatoms. The van der Waals surface area contributed by atoms with Crippen molar-refractivity contribution < 1.29 is 14.4 Å². The molecular formula is C25H28ClN5O3. The normalized spacial score (nSPS) is 23.7. The minimum atomic E-state index is -1.26. The summed E-state index contributed by atoms with van der Waals surface area (Å²) in [6, 6.07) is 8.80. The number of nitrogens with zero attached hydrogens (tertiary/aromatic N) is 5. The Morgan fingerprint density at radius 1 is 1.00 bits per heavy atom. The second-order valence-electron chi connectivity index (χ2n) is 9.34. The maximum absolute atomic E-state index is 13.9. The van der Waals surface area contributed by atoms with Crippen LogP contribution in [0.25, 0.3) is 0 Å². The lowest BCUT2D eigenvalue weighted by atomic mass is 9.75. The quantitative estimate of drug-likeness (QED) is 0.610. The van der Waals surface area contributed by atoms with Gasteiger partial charge in [0.25, 0.3) is 0 Å². The zero-order valence-electron chi connectivity index (χ0n) is 19.0. The van der Waals surface area contributed by atoms with Gasteiger partial charge < -0.3 is 9.80 Å². The van der Waals surface area contributed by atoms with Crippen molar-refractivity contribution in [2.24, 2.45) is 0 Å². The molecule has 5 rings (SSSR count). The van der Waals surface area contributed by atoms with Crippen LogP contribution in [0.5, 0.6) is 0 Å². The highest BCUT2D eigenvalue weighted by Crippen LogP contribution is 2.45. The number of benzene rings is 1. The minimum absolute atomic E-state index is 0.0182. The number of halogens is 1. The average molecular weight is 482 g/mol. The summed E-state index contributed by atoms with van der Waals surface area (Å²) in [5.41, 5.74) is -0.686. The molecule has 3 amide bonds. The number of amides is 3. The number of carbonyl (C=O) groups excluding carboxylic acids is 3. The van der Waals surface area contributed by atoms with E-state index in [9.17, 15) is 14.4 Å². The molecule has 3 fully saturated rings. The SMILES string of the molecule is O=C(CC1(c2ccccc2Cl)CC(=O)N(C2CCCC2)C1=O)N1CCN(c2ncccn2)CC1. The molecule has 1 unspecified atom stereocenters. The van der Waals surface area contributed by atoms with Gasteiger partial charge >= 0.3 is 0 Å². The number of imide groups is 1. The van der Waals surface area contributed by atoms with E-state index in [4.69, 9.17) is 11.6 Å². The molecule has 3 aliphatic rings. The molecule has 8 nitrogen and oxygen atoms in total. The molecule has 0 bridgehead atoms. The largest absolute Gasteiger partial charge is 0.339 e. The summed E-state index contributed by atoms with van der Waals surface area (Å²) >= 11 is 6.54. The third-order valence-corrected chi connectivity index (χ3v) is 7.68. The predicted molar refractivity (Wildman–Crippen MR) is 127 cm³/mol. The van der Waals surface area contributed by atoms with Crippen LogP contribution >= 0.6 is 11.6 Å². The summed E-state index contributed by atoms with van der Waals surface area (Å²) in [6.45, 7) is 2.22. The van der Waals surface area contributed by atoms with Gasteiger partial charge in [-0.3, -0.25) is 19.3 Å². The highest BCUT2D eigenvalue weighted by Gasteiger charge is 2.56. The molecule has 1 atom stereocenters. The van der Waals surface area contributed by atoms with Gasteiger partial charge in [0.05, 0.1) is 5.41 Å². The van der Waals surface area contributed by atoms with Crippen LogP contribution in [0.1, 0.15) is 44.1 Å². The van der Waals surface area contributed by atoms with Crippen molar-refractivity contribution in [3.05, 3.63) is 53.3 Å². The summed E-state index contributed by atoms with van der Waals surface area (Å²) < 4.78 is 0. The van der Waals surface area contributed by atoms with Gasteiger partial charge in [-0.2, -0.15) is 0 Å². The second-order valence-corrected chi connectivity index (χ2v) is 9.75. The third kappa shape index (κ3) is 4.04. The maximum atomic E-state index is 13.9. The Balaban J connectivity index is 1.38. The van der Waals surface area contributed by atoms with Gasteiger partial charge in [-0.1, -0.05) is 42.6 Å². The minimum Gasteiger partial charge on any atom is -0.339 e. The smallest absolute Gasteiger partial charge is 0.241 e. The van der Waals surface area contributed by atoms with Crippen molar-refractivity contribution >= 4 is 35.3 Å². The van der Waals surface area contributed by atoms with Gasteiger partial charge in [-0.25, -0.2) is 9.97 Å². The summed E-state index contributed by atoms with van der Waals surface area (Å²) in [7, 11) is 0. The number of hydrogen-bond acceptors (Lipinski definition) is 6. The summed E-state index contributed by atoms with van der Waals surface area (Å²) in [5.74, 6) is 0.0340. The number of anilines is 1. The monoisotopic (exact) mass is 481 g/mol. The Labute approximate surface area is 203 Å². The van der Waals surface area contributed by atoms with Crippen molar-refractivity contribution in [3.63, 3.8) is 0 Å². The lowest BCUT2D eigenvalue weighted by Crippen LogP contribution is -2.51. The number of aromatic nitrogens is 2. The molecule has 1 aromatic heterocycles. The first kappa shape index (κ1) is 22.8. The van der Waals surface area contributed by atoms with Crippen LogP contribution in [0.4, 0.5) is 5.95 Å². The highest BCUT2D eigenvalue weighted by atomic mass is 35.5. The third-order valence-electron chi connectivity index (χ3n) is 7.35. The second kappa shape index (κ2) is 9.33. The van der Waals surface area contributed by atoms with E-state index in [1.54, 1.807) is 41.6 Å². The summed E-state index contributed by atoms with van der Waals surface area (Å²) in [6.07, 6.45) is 6.99. The van der Waals surface area contributed by atoms with Crippen molar-refractivity contribution in [3.8, 4) is 0 Å². The topological polar surface area (TPSA) is 86.7 Å². The van der Waals surface area contributed by atoms with Crippen molar-refractivity contribution in [1.82, 2.24) is 19.8 Å². The molecule has 178 valence electrons. The first-order chi connectivity index (χ1) is 16.5. The van der Waals surface area contributed by atoms with E-state index in [0.717, 1.165) is 25.7 Å². The zero-order valence-corrected chi connectivity index (χ0v) is 19.8. The number of hydrogen-bond donors (Lipinski definition) is 0. The Morgan fingerprint density at radius 2 is 1.68 bits per heavy atom. The molecule has 3 heterocycles. The Kier molecular flexibility index (Phi) is 6.25. The summed E-state index contributed by atoms with van der Waals surface area (Å²) in [5, 5.41) is 0.413. The molecule has 34 heavy (non-hydrogen) atoms. The first-order valence-corrected chi connectivity index (χ1v) is 12.3. The van der Waals surface area contributed by atoms with E-state index in [1.165, 1.54) is 4.90 Å². The van der Waals surface area contributed by atoms with E-state index >= 15 is 0 Å². The van der Waals surface area contributed by atoms with E-state index in [0.29, 0.717) is 42.7 Å². The van der Waals surface area contributed by atoms with Crippen LogP contribution < -0.4 is 4.90 Å². The van der Waals surface area contributed by atoms with Gasteiger partial charge in [0, 0.05) is 62.5 Å². The van der Waals surface area contributed by atoms with Crippen molar-refractivity contribution in [2.75, 3.05) is 31.1 Å². The van der Waals surface area contributed by atoms with Gasteiger partial charge in [0.2, 0.25) is 23.7 Å². The molecule has 1 aromatic carbocycles. The van der Waals surface area contributed by atoms with E-state index < -0.39 is 5.41 Å². The molecule has 2 aliphatic heterocycles. The average Bonchev–Trinajstić information content (AvgIpc) is 3.46. The van der Waals surface area contributed by atoms with Crippen molar-refractivity contribution in [1.29, 1.82) is 0 Å². The fourth-order valence-corrected chi connectivity index (χ4v) is 5.88. The van der Waals surface area contributed by atoms with Gasteiger partial charge in [0.15, 0.2) is 0 Å². The molecule has 0 N–H and O–H groups in total. The fraction of sp³-hybridized carbons (Fsp3) is 0.480. The first-order valence-electron chi connectivity index (χ1n) is 11.9. The molecule has 0 radical (unpaired) electrons. The molecular weight excluding hydrogens is 454 g/mol. The number of likely N-dealkylation sites (tertiary alicyclic amines) is 1. The van der Waals surface area contributed by atoms with Crippen LogP contribution in [0.2, 0.25) is 5.02 Å². The molecule has 1 saturated carbocycles. The van der Waals surface area contributed by atoms with Gasteiger partial charge in [0.1, 0.15) is 0 Å². The fourth-order valence-electron chi connectivity index (χ4n) is 5.57. The maximum Gasteiger partial charge on any atom is 0.241 e. The van der Waals surface area contributed by atoms with Crippen LogP contribution in [0, 0.1) is 0 Å². The number of rotatable bonds is 5. The van der Waals surface area contributed by atoms with Crippen LogP contribution in [0.3, 0.4) is 0 Å². The molecule has 2 saturated heterocycles. The van der Waals surface area contributed by atoms with E-state index in [2.05, 4.69) is 9.97 Å². The lowest BCUT2D eigenvalue weighted by Gasteiger charge is -2.37.